The Morgan fingerprint density at radius 3 is 2.47 bits per heavy atom. The zero-order valence-corrected chi connectivity index (χ0v) is 10.2. The lowest BCUT2D eigenvalue weighted by atomic mass is 10.2. The molecular weight excluding hydrogens is 206 g/mol. The molecule has 2 N–H and O–H groups in total. The molecule has 0 bridgehead atoms. The molecular formula is C11H17NO2Si. The summed E-state index contributed by atoms with van der Waals surface area (Å²) in [5, 5.41) is 0. The van der Waals surface area contributed by atoms with E-state index in [1.807, 2.05) is 43.4 Å². The third-order valence-electron chi connectivity index (χ3n) is 2.28. The normalized spacial score (nSPS) is 11.1. The zero-order valence-electron chi connectivity index (χ0n) is 9.19. The molecule has 0 atom stereocenters. The lowest BCUT2D eigenvalue weighted by Crippen LogP contribution is -2.45. The fraction of sp³-hybridized carbons (Fsp3) is 0.364. The summed E-state index contributed by atoms with van der Waals surface area (Å²) in [5.74, 6) is 0. The molecule has 0 heterocycles. The molecule has 0 amide bonds. The second-order valence-electron chi connectivity index (χ2n) is 4.15. The Labute approximate surface area is 91.3 Å². The molecule has 0 aliphatic heterocycles. The SMILES string of the molecule is C[Si](C)(CN)C(=O)OCc1ccccc1. The van der Waals surface area contributed by atoms with E-state index in [1.165, 1.54) is 0 Å². The van der Waals surface area contributed by atoms with Crippen molar-refractivity contribution in [2.75, 3.05) is 6.17 Å². The molecule has 4 heteroatoms. The van der Waals surface area contributed by atoms with Gasteiger partial charge in [-0.2, -0.15) is 0 Å². The minimum absolute atomic E-state index is 0.117. The Balaban J connectivity index is 2.48. The van der Waals surface area contributed by atoms with E-state index < -0.39 is 8.07 Å². The molecule has 0 saturated carbocycles. The van der Waals surface area contributed by atoms with Crippen LogP contribution in [0.25, 0.3) is 0 Å². The Morgan fingerprint density at radius 1 is 1.33 bits per heavy atom. The molecule has 1 aromatic carbocycles. The number of benzene rings is 1. The van der Waals surface area contributed by atoms with Crippen LogP contribution >= 0.6 is 0 Å². The Kier molecular flexibility index (Phi) is 4.05. The van der Waals surface area contributed by atoms with Crippen LogP contribution in [-0.4, -0.2) is 19.8 Å². The smallest absolute Gasteiger partial charge is 0.273 e. The first-order valence-corrected chi connectivity index (χ1v) is 8.18. The minimum atomic E-state index is -2.02. The highest BCUT2D eigenvalue weighted by Crippen LogP contribution is 2.07. The summed E-state index contributed by atoms with van der Waals surface area (Å²) >= 11 is 0. The van der Waals surface area contributed by atoms with Crippen molar-refractivity contribution in [3.05, 3.63) is 35.9 Å². The Morgan fingerprint density at radius 2 is 1.93 bits per heavy atom. The minimum Gasteiger partial charge on any atom is -0.465 e. The van der Waals surface area contributed by atoms with Crippen LogP contribution in [0.2, 0.25) is 13.1 Å². The summed E-state index contributed by atoms with van der Waals surface area (Å²) in [4.78, 5) is 11.6. The maximum atomic E-state index is 11.6. The van der Waals surface area contributed by atoms with Gasteiger partial charge in [0.25, 0.3) is 5.59 Å². The lowest BCUT2D eigenvalue weighted by Gasteiger charge is -2.17. The van der Waals surface area contributed by atoms with Crippen molar-refractivity contribution in [1.29, 1.82) is 0 Å². The number of nitrogens with two attached hydrogens (primary N) is 1. The fourth-order valence-electron chi connectivity index (χ4n) is 1.00. The van der Waals surface area contributed by atoms with E-state index >= 15 is 0 Å². The van der Waals surface area contributed by atoms with Crippen molar-refractivity contribution in [2.45, 2.75) is 19.7 Å². The van der Waals surface area contributed by atoms with E-state index in [2.05, 4.69) is 0 Å². The van der Waals surface area contributed by atoms with E-state index in [-0.39, 0.29) is 5.59 Å². The van der Waals surface area contributed by atoms with Gasteiger partial charge in [0.05, 0.1) is 0 Å². The standard InChI is InChI=1S/C11H17NO2Si/c1-15(2,9-12)11(13)14-8-10-6-4-3-5-7-10/h3-7H,8-9,12H2,1-2H3. The van der Waals surface area contributed by atoms with Gasteiger partial charge < -0.3 is 10.5 Å². The predicted octanol–water partition coefficient (Wildman–Crippen LogP) is 2.11. The van der Waals surface area contributed by atoms with Crippen molar-refractivity contribution in [3.8, 4) is 0 Å². The third kappa shape index (κ3) is 3.49. The first kappa shape index (κ1) is 11.9. The molecule has 82 valence electrons. The van der Waals surface area contributed by atoms with Gasteiger partial charge >= 0.3 is 0 Å². The van der Waals surface area contributed by atoms with E-state index in [0.29, 0.717) is 12.8 Å². The molecule has 0 aliphatic carbocycles. The summed E-state index contributed by atoms with van der Waals surface area (Å²) in [7, 11) is -2.02. The molecule has 0 fully saturated rings. The van der Waals surface area contributed by atoms with Crippen LogP contribution in [0.5, 0.6) is 0 Å². The van der Waals surface area contributed by atoms with Gasteiger partial charge in [0.2, 0.25) is 0 Å². The second-order valence-corrected chi connectivity index (χ2v) is 8.73. The largest absolute Gasteiger partial charge is 0.465 e. The maximum absolute atomic E-state index is 11.6. The van der Waals surface area contributed by atoms with Crippen LogP contribution in [-0.2, 0) is 11.3 Å². The number of hydrogen-bond donors (Lipinski definition) is 1. The number of carbonyl (C=O) groups excluding carboxylic acids is 1. The quantitative estimate of drug-likeness (QED) is 0.795. The highest BCUT2D eigenvalue weighted by molar-refractivity contribution is 7.03. The maximum Gasteiger partial charge on any atom is 0.273 e. The highest BCUT2D eigenvalue weighted by Gasteiger charge is 2.30. The highest BCUT2D eigenvalue weighted by atomic mass is 28.3. The van der Waals surface area contributed by atoms with Crippen LogP contribution in [0.4, 0.5) is 4.79 Å². The summed E-state index contributed by atoms with van der Waals surface area (Å²) in [6, 6.07) is 9.65. The molecule has 0 aromatic heterocycles. The Bertz CT molecular complexity index is 325. The Hall–Kier alpha value is -1.13. The monoisotopic (exact) mass is 223 g/mol. The van der Waals surface area contributed by atoms with Gasteiger partial charge in [0, 0.05) is 0 Å². The molecule has 15 heavy (non-hydrogen) atoms. The number of hydrogen-bond acceptors (Lipinski definition) is 3. The van der Waals surface area contributed by atoms with Gasteiger partial charge in [-0.05, 0) is 11.7 Å². The van der Waals surface area contributed by atoms with E-state index in [0.717, 1.165) is 5.56 Å². The average molecular weight is 223 g/mol. The summed E-state index contributed by atoms with van der Waals surface area (Å²) in [6.07, 6.45) is 0.431. The van der Waals surface area contributed by atoms with E-state index in [9.17, 15) is 4.79 Å². The van der Waals surface area contributed by atoms with Crippen molar-refractivity contribution >= 4 is 13.7 Å². The molecule has 1 rings (SSSR count). The van der Waals surface area contributed by atoms with Crippen LogP contribution in [0, 0.1) is 0 Å². The van der Waals surface area contributed by atoms with Crippen molar-refractivity contribution in [1.82, 2.24) is 0 Å². The van der Waals surface area contributed by atoms with Gasteiger partial charge in [-0.1, -0.05) is 43.4 Å². The van der Waals surface area contributed by atoms with Crippen LogP contribution < -0.4 is 5.73 Å². The molecule has 0 spiro atoms. The molecule has 0 aliphatic rings. The van der Waals surface area contributed by atoms with Crippen LogP contribution in [0.1, 0.15) is 5.56 Å². The van der Waals surface area contributed by atoms with Crippen LogP contribution in [0.15, 0.2) is 30.3 Å². The van der Waals surface area contributed by atoms with Crippen molar-refractivity contribution in [3.63, 3.8) is 0 Å². The topological polar surface area (TPSA) is 52.3 Å². The van der Waals surface area contributed by atoms with Gasteiger partial charge in [-0.3, -0.25) is 4.79 Å². The summed E-state index contributed by atoms with van der Waals surface area (Å²) in [5.41, 5.74) is 6.43. The second kappa shape index (κ2) is 5.09. The molecule has 0 radical (unpaired) electrons. The molecule has 0 unspecified atom stereocenters. The summed E-state index contributed by atoms with van der Waals surface area (Å²) in [6.45, 7) is 4.18. The van der Waals surface area contributed by atoms with Gasteiger partial charge in [-0.15, -0.1) is 0 Å². The number of ether oxygens (including phenoxy) is 1. The van der Waals surface area contributed by atoms with E-state index in [4.69, 9.17) is 10.5 Å². The molecule has 1 aromatic rings. The molecule has 3 nitrogen and oxygen atoms in total. The summed E-state index contributed by atoms with van der Waals surface area (Å²) < 4.78 is 5.23. The predicted molar refractivity (Wildman–Crippen MR) is 63.2 cm³/mol. The molecule has 0 saturated heterocycles. The van der Waals surface area contributed by atoms with Crippen LogP contribution in [0.3, 0.4) is 0 Å². The number of rotatable bonds is 4. The van der Waals surface area contributed by atoms with E-state index in [1.54, 1.807) is 0 Å². The van der Waals surface area contributed by atoms with Gasteiger partial charge in [0.15, 0.2) is 8.07 Å². The first-order chi connectivity index (χ1) is 7.06. The third-order valence-corrected chi connectivity index (χ3v) is 4.55. The first-order valence-electron chi connectivity index (χ1n) is 4.97. The van der Waals surface area contributed by atoms with Crippen molar-refractivity contribution < 1.29 is 9.53 Å². The average Bonchev–Trinajstić information content (AvgIpc) is 2.27. The lowest BCUT2D eigenvalue weighted by molar-refractivity contribution is 0.164. The number of carbonyl (C=O) groups is 1. The van der Waals surface area contributed by atoms with Gasteiger partial charge in [-0.25, -0.2) is 0 Å². The van der Waals surface area contributed by atoms with Crippen molar-refractivity contribution in [2.24, 2.45) is 5.73 Å². The van der Waals surface area contributed by atoms with Gasteiger partial charge in [0.1, 0.15) is 6.61 Å². The zero-order chi connectivity index (χ0) is 11.3. The fourth-order valence-corrected chi connectivity index (χ4v) is 1.63.